The summed E-state index contributed by atoms with van der Waals surface area (Å²) in [7, 11) is -1.92. The van der Waals surface area contributed by atoms with Crippen LogP contribution in [0.15, 0.2) is 34.5 Å². The maximum absolute atomic E-state index is 12.3. The van der Waals surface area contributed by atoms with Crippen molar-refractivity contribution >= 4 is 50.0 Å². The van der Waals surface area contributed by atoms with E-state index < -0.39 is 15.9 Å². The zero-order chi connectivity index (χ0) is 23.3. The molecule has 13 heteroatoms. The Bertz CT molecular complexity index is 1090. The molecule has 1 aromatic carbocycles. The molecule has 3 rings (SSSR count). The van der Waals surface area contributed by atoms with Crippen molar-refractivity contribution in [2.24, 2.45) is 0 Å². The van der Waals surface area contributed by atoms with Gasteiger partial charge in [-0.05, 0) is 31.3 Å². The Kier molecular flexibility index (Phi) is 7.43. The molecule has 32 heavy (non-hydrogen) atoms. The minimum absolute atomic E-state index is 0.00712. The number of hydrogen-bond donors (Lipinski definition) is 3. The van der Waals surface area contributed by atoms with Crippen LogP contribution in [0.5, 0.6) is 0 Å². The van der Waals surface area contributed by atoms with Crippen LogP contribution in [0.1, 0.15) is 12.6 Å². The number of nitrogens with zero attached hydrogens (tertiary/aromatic N) is 3. The molecule has 1 fully saturated rings. The maximum Gasteiger partial charge on any atom is 0.323 e. The summed E-state index contributed by atoms with van der Waals surface area (Å²) in [6.07, 6.45) is -0.00712. The van der Waals surface area contributed by atoms with Crippen molar-refractivity contribution in [1.82, 2.24) is 19.5 Å². The van der Waals surface area contributed by atoms with E-state index in [0.717, 1.165) is 20.0 Å². The van der Waals surface area contributed by atoms with E-state index in [1.54, 1.807) is 10.3 Å². The molecule has 0 unspecified atom stereocenters. The smallest absolute Gasteiger partial charge is 0.323 e. The van der Waals surface area contributed by atoms with Gasteiger partial charge in [-0.1, -0.05) is 0 Å². The number of benzene rings is 1. The van der Waals surface area contributed by atoms with Crippen molar-refractivity contribution in [2.45, 2.75) is 18.2 Å². The van der Waals surface area contributed by atoms with Crippen LogP contribution in [-0.2, 0) is 26.0 Å². The number of sulfonamides is 1. The average molecular weight is 481 g/mol. The molecule has 4 amide bonds. The fraction of sp³-hybridized carbons (Fsp3) is 0.368. The van der Waals surface area contributed by atoms with E-state index in [0.29, 0.717) is 29.6 Å². The van der Waals surface area contributed by atoms with E-state index in [-0.39, 0.29) is 23.3 Å². The zero-order valence-corrected chi connectivity index (χ0v) is 19.3. The third-order valence-electron chi connectivity index (χ3n) is 4.62. The van der Waals surface area contributed by atoms with Crippen molar-refractivity contribution in [3.05, 3.63) is 35.3 Å². The van der Waals surface area contributed by atoms with Crippen LogP contribution in [-0.4, -0.2) is 74.3 Å². The molecule has 0 aliphatic carbocycles. The number of aromatic nitrogens is 1. The predicted octanol–water partition coefficient (Wildman–Crippen LogP) is 0.928. The standard InChI is InChI=1S/C19H24N6O5S2/c1-13(26)23-32(29,30)16-5-3-14(4-6-16)20-17(27)11-15-12-31-18(21-15)22-19(28)25-9-7-24(2)8-10-25/h3-6,12H,7-11H2,1-2H3,(H,20,27)(H,23,26)(H,21,22,28). The van der Waals surface area contributed by atoms with Crippen LogP contribution >= 0.6 is 11.3 Å². The molecule has 1 saturated heterocycles. The van der Waals surface area contributed by atoms with Crippen molar-refractivity contribution in [1.29, 1.82) is 0 Å². The van der Waals surface area contributed by atoms with Gasteiger partial charge < -0.3 is 15.1 Å². The monoisotopic (exact) mass is 480 g/mol. The fourth-order valence-electron chi connectivity index (χ4n) is 2.96. The molecule has 0 spiro atoms. The van der Waals surface area contributed by atoms with Crippen LogP contribution < -0.4 is 15.4 Å². The number of piperazine rings is 1. The lowest BCUT2D eigenvalue weighted by molar-refractivity contribution is -0.117. The van der Waals surface area contributed by atoms with Crippen molar-refractivity contribution in [3.8, 4) is 0 Å². The average Bonchev–Trinajstić information content (AvgIpc) is 3.14. The predicted molar refractivity (Wildman–Crippen MR) is 120 cm³/mol. The number of amides is 4. The molecule has 0 bridgehead atoms. The summed E-state index contributed by atoms with van der Waals surface area (Å²) in [5.41, 5.74) is 0.904. The third kappa shape index (κ3) is 6.48. The van der Waals surface area contributed by atoms with E-state index in [9.17, 15) is 22.8 Å². The molecule has 0 saturated carbocycles. The molecule has 2 heterocycles. The fourth-order valence-corrected chi connectivity index (χ4v) is 4.65. The van der Waals surface area contributed by atoms with Gasteiger partial charge in [-0.25, -0.2) is 22.9 Å². The highest BCUT2D eigenvalue weighted by atomic mass is 32.2. The maximum atomic E-state index is 12.3. The summed E-state index contributed by atoms with van der Waals surface area (Å²) in [5, 5.41) is 7.54. The number of hydrogen-bond acceptors (Lipinski definition) is 8. The normalized spacial score (nSPS) is 14.6. The molecule has 2 aromatic rings. The van der Waals surface area contributed by atoms with Gasteiger partial charge in [0.05, 0.1) is 17.0 Å². The minimum Gasteiger partial charge on any atom is -0.326 e. The van der Waals surface area contributed by atoms with Crippen molar-refractivity contribution in [3.63, 3.8) is 0 Å². The second kappa shape index (κ2) is 10.1. The first-order valence-electron chi connectivity index (χ1n) is 9.74. The second-order valence-corrected chi connectivity index (χ2v) is 9.82. The summed E-state index contributed by atoms with van der Waals surface area (Å²) in [6.45, 7) is 4.03. The Hall–Kier alpha value is -3.03. The number of urea groups is 1. The Balaban J connectivity index is 1.52. The van der Waals surface area contributed by atoms with Gasteiger partial charge >= 0.3 is 6.03 Å². The lowest BCUT2D eigenvalue weighted by Gasteiger charge is -2.32. The quantitative estimate of drug-likeness (QED) is 0.558. The van der Waals surface area contributed by atoms with E-state index in [1.807, 2.05) is 11.8 Å². The van der Waals surface area contributed by atoms with E-state index >= 15 is 0 Å². The number of thiazole rings is 1. The molecule has 1 aromatic heterocycles. The molecule has 11 nitrogen and oxygen atoms in total. The van der Waals surface area contributed by atoms with Crippen LogP contribution in [0, 0.1) is 0 Å². The van der Waals surface area contributed by atoms with Gasteiger partial charge in [-0.2, -0.15) is 0 Å². The highest BCUT2D eigenvalue weighted by molar-refractivity contribution is 7.90. The zero-order valence-electron chi connectivity index (χ0n) is 17.6. The summed E-state index contributed by atoms with van der Waals surface area (Å²) >= 11 is 1.24. The number of carbonyl (C=O) groups is 3. The minimum atomic E-state index is -3.93. The topological polar surface area (TPSA) is 141 Å². The third-order valence-corrected chi connectivity index (χ3v) is 6.88. The summed E-state index contributed by atoms with van der Waals surface area (Å²) in [4.78, 5) is 43.7. The van der Waals surface area contributed by atoms with E-state index in [4.69, 9.17) is 0 Å². The van der Waals surface area contributed by atoms with Gasteiger partial charge in [0.25, 0.3) is 10.0 Å². The molecule has 3 N–H and O–H groups in total. The summed E-state index contributed by atoms with van der Waals surface area (Å²) in [5.74, 6) is -1.03. The second-order valence-electron chi connectivity index (χ2n) is 7.28. The molecule has 1 aliphatic rings. The SMILES string of the molecule is CC(=O)NS(=O)(=O)c1ccc(NC(=O)Cc2csc(NC(=O)N3CCN(C)CC3)n2)cc1. The number of carbonyl (C=O) groups excluding carboxylic acids is 3. The Morgan fingerprint density at radius 3 is 2.34 bits per heavy atom. The Morgan fingerprint density at radius 1 is 1.06 bits per heavy atom. The highest BCUT2D eigenvalue weighted by Gasteiger charge is 2.20. The first-order valence-corrected chi connectivity index (χ1v) is 12.1. The van der Waals surface area contributed by atoms with Gasteiger partial charge in [0.2, 0.25) is 11.8 Å². The molecule has 1 aliphatic heterocycles. The summed E-state index contributed by atoms with van der Waals surface area (Å²) < 4.78 is 25.8. The van der Waals surface area contributed by atoms with Gasteiger partial charge in [-0.3, -0.25) is 14.9 Å². The van der Waals surface area contributed by atoms with E-state index in [2.05, 4.69) is 20.5 Å². The van der Waals surface area contributed by atoms with Crippen LogP contribution in [0.3, 0.4) is 0 Å². The van der Waals surface area contributed by atoms with Crippen molar-refractivity contribution in [2.75, 3.05) is 43.9 Å². The largest absolute Gasteiger partial charge is 0.326 e. The Morgan fingerprint density at radius 2 is 1.72 bits per heavy atom. The molecular formula is C19H24N6O5S2. The lowest BCUT2D eigenvalue weighted by atomic mass is 10.3. The summed E-state index contributed by atoms with van der Waals surface area (Å²) in [6, 6.07) is 5.22. The highest BCUT2D eigenvalue weighted by Crippen LogP contribution is 2.18. The molecule has 0 radical (unpaired) electrons. The number of rotatable bonds is 6. The Labute approximate surface area is 189 Å². The molecular weight excluding hydrogens is 456 g/mol. The first kappa shape index (κ1) is 23.6. The lowest BCUT2D eigenvalue weighted by Crippen LogP contribution is -2.48. The number of nitrogens with one attached hydrogen (secondary N) is 3. The first-order chi connectivity index (χ1) is 15.1. The van der Waals surface area contributed by atoms with Crippen LogP contribution in [0.25, 0.3) is 0 Å². The number of likely N-dealkylation sites (N-methyl/N-ethyl adjacent to an activating group) is 1. The van der Waals surface area contributed by atoms with Crippen molar-refractivity contribution < 1.29 is 22.8 Å². The van der Waals surface area contributed by atoms with Crippen LogP contribution in [0.4, 0.5) is 15.6 Å². The molecule has 172 valence electrons. The number of anilines is 2. The van der Waals surface area contributed by atoms with E-state index in [1.165, 1.54) is 35.6 Å². The molecule has 0 atom stereocenters. The van der Waals surface area contributed by atoms with Gasteiger partial charge in [0, 0.05) is 44.2 Å². The van der Waals surface area contributed by atoms with Gasteiger partial charge in [-0.15, -0.1) is 11.3 Å². The van der Waals surface area contributed by atoms with Gasteiger partial charge in [0.15, 0.2) is 5.13 Å². The van der Waals surface area contributed by atoms with Crippen LogP contribution in [0.2, 0.25) is 0 Å². The van der Waals surface area contributed by atoms with Gasteiger partial charge in [0.1, 0.15) is 0 Å².